The van der Waals surface area contributed by atoms with Crippen molar-refractivity contribution >= 4 is 10.8 Å². The fourth-order valence-corrected chi connectivity index (χ4v) is 4.83. The largest absolute Gasteiger partial charge is 0.259 e. The van der Waals surface area contributed by atoms with E-state index in [1.54, 1.807) is 0 Å². The molecule has 2 aliphatic rings. The molecule has 2 rings (SSSR count). The zero-order chi connectivity index (χ0) is 9.10. The first-order valence-electron chi connectivity index (χ1n) is 5.77. The molecule has 2 fully saturated rings. The Balaban J connectivity index is 1.87. The molecule has 13 heavy (non-hydrogen) atoms. The quantitative estimate of drug-likeness (QED) is 0.669. The standard InChI is InChI=1S/C11H20OS/c12-13(11-8-4-5-9-11)10-6-2-1-3-7-10/h10-11H,1-9H2. The Labute approximate surface area is 83.8 Å². The molecular weight excluding hydrogens is 180 g/mol. The lowest BCUT2D eigenvalue weighted by Crippen LogP contribution is -2.26. The molecule has 0 amide bonds. The summed E-state index contributed by atoms with van der Waals surface area (Å²) < 4.78 is 12.1. The summed E-state index contributed by atoms with van der Waals surface area (Å²) in [5, 5.41) is 1.14. The zero-order valence-corrected chi connectivity index (χ0v) is 9.15. The van der Waals surface area contributed by atoms with E-state index in [9.17, 15) is 4.21 Å². The predicted molar refractivity (Wildman–Crippen MR) is 57.3 cm³/mol. The molecule has 1 atom stereocenters. The third-order valence-electron chi connectivity index (χ3n) is 3.51. The summed E-state index contributed by atoms with van der Waals surface area (Å²) in [6.07, 6.45) is 11.6. The second-order valence-corrected chi connectivity index (χ2v) is 6.49. The fourth-order valence-electron chi connectivity index (χ4n) is 2.69. The van der Waals surface area contributed by atoms with Crippen molar-refractivity contribution in [3.05, 3.63) is 0 Å². The summed E-state index contributed by atoms with van der Waals surface area (Å²) >= 11 is 0. The van der Waals surface area contributed by atoms with Gasteiger partial charge in [-0.05, 0) is 25.7 Å². The molecule has 0 spiro atoms. The van der Waals surface area contributed by atoms with Crippen molar-refractivity contribution in [3.63, 3.8) is 0 Å². The highest BCUT2D eigenvalue weighted by atomic mass is 32.2. The molecule has 0 N–H and O–H groups in total. The minimum atomic E-state index is -0.482. The summed E-state index contributed by atoms with van der Waals surface area (Å²) in [7, 11) is -0.482. The molecule has 2 heteroatoms. The van der Waals surface area contributed by atoms with Crippen LogP contribution in [0.2, 0.25) is 0 Å². The topological polar surface area (TPSA) is 17.1 Å². The van der Waals surface area contributed by atoms with Crippen LogP contribution < -0.4 is 0 Å². The lowest BCUT2D eigenvalue weighted by Gasteiger charge is -2.23. The van der Waals surface area contributed by atoms with Crippen molar-refractivity contribution in [2.75, 3.05) is 0 Å². The van der Waals surface area contributed by atoms with E-state index in [2.05, 4.69) is 0 Å². The Morgan fingerprint density at radius 3 is 1.54 bits per heavy atom. The Morgan fingerprint density at radius 1 is 0.692 bits per heavy atom. The Hall–Kier alpha value is 0.150. The molecule has 76 valence electrons. The molecule has 2 saturated carbocycles. The van der Waals surface area contributed by atoms with Crippen molar-refractivity contribution in [1.29, 1.82) is 0 Å². The summed E-state index contributed by atoms with van der Waals surface area (Å²) in [5.74, 6) is 0. The smallest absolute Gasteiger partial charge is 0.0350 e. The van der Waals surface area contributed by atoms with Gasteiger partial charge >= 0.3 is 0 Å². The second-order valence-electron chi connectivity index (χ2n) is 4.50. The average molecular weight is 200 g/mol. The molecular formula is C11H20OS. The third kappa shape index (κ3) is 2.34. The van der Waals surface area contributed by atoms with E-state index in [-0.39, 0.29) is 0 Å². The molecule has 0 bridgehead atoms. The number of rotatable bonds is 2. The monoisotopic (exact) mass is 200 g/mol. The highest BCUT2D eigenvalue weighted by Crippen LogP contribution is 2.30. The summed E-state index contributed by atoms with van der Waals surface area (Å²) in [6.45, 7) is 0. The molecule has 1 unspecified atom stereocenters. The van der Waals surface area contributed by atoms with Gasteiger partial charge in [0.1, 0.15) is 0 Å². The van der Waals surface area contributed by atoms with Gasteiger partial charge in [0.05, 0.1) is 0 Å². The molecule has 0 aliphatic heterocycles. The van der Waals surface area contributed by atoms with Gasteiger partial charge in [-0.15, -0.1) is 0 Å². The summed E-state index contributed by atoms with van der Waals surface area (Å²) in [6, 6.07) is 0. The van der Waals surface area contributed by atoms with Crippen molar-refractivity contribution in [3.8, 4) is 0 Å². The second kappa shape index (κ2) is 4.59. The van der Waals surface area contributed by atoms with Crippen LogP contribution in [0.5, 0.6) is 0 Å². The SMILES string of the molecule is O=S(C1CCCCC1)C1CCCC1. The minimum absolute atomic E-state index is 0.482. The van der Waals surface area contributed by atoms with Gasteiger partial charge in [-0.1, -0.05) is 32.1 Å². The summed E-state index contributed by atoms with van der Waals surface area (Å²) in [4.78, 5) is 0. The average Bonchev–Trinajstić information content (AvgIpc) is 2.71. The molecule has 0 aromatic carbocycles. The summed E-state index contributed by atoms with van der Waals surface area (Å²) in [5.41, 5.74) is 0. The van der Waals surface area contributed by atoms with Crippen molar-refractivity contribution < 1.29 is 4.21 Å². The molecule has 2 aliphatic carbocycles. The molecule has 0 saturated heterocycles. The number of hydrogen-bond donors (Lipinski definition) is 0. The van der Waals surface area contributed by atoms with E-state index in [4.69, 9.17) is 0 Å². The number of hydrogen-bond acceptors (Lipinski definition) is 1. The third-order valence-corrected chi connectivity index (χ3v) is 5.77. The fraction of sp³-hybridized carbons (Fsp3) is 1.00. The maximum atomic E-state index is 12.1. The highest BCUT2D eigenvalue weighted by Gasteiger charge is 2.28. The van der Waals surface area contributed by atoms with Crippen molar-refractivity contribution in [2.24, 2.45) is 0 Å². The van der Waals surface area contributed by atoms with Crippen LogP contribution >= 0.6 is 0 Å². The molecule has 0 heterocycles. The van der Waals surface area contributed by atoms with Crippen LogP contribution in [0.1, 0.15) is 57.8 Å². The normalized spacial score (nSPS) is 29.2. The van der Waals surface area contributed by atoms with Crippen molar-refractivity contribution in [1.82, 2.24) is 0 Å². The van der Waals surface area contributed by atoms with Crippen LogP contribution in [-0.2, 0) is 10.8 Å². The van der Waals surface area contributed by atoms with Crippen LogP contribution in [0.15, 0.2) is 0 Å². The molecule has 0 aromatic rings. The van der Waals surface area contributed by atoms with Crippen molar-refractivity contribution in [2.45, 2.75) is 68.3 Å². The highest BCUT2D eigenvalue weighted by molar-refractivity contribution is 7.86. The predicted octanol–water partition coefficient (Wildman–Crippen LogP) is 3.01. The van der Waals surface area contributed by atoms with Gasteiger partial charge in [0.25, 0.3) is 0 Å². The van der Waals surface area contributed by atoms with Crippen LogP contribution in [0.25, 0.3) is 0 Å². The first-order valence-corrected chi connectivity index (χ1v) is 7.05. The van der Waals surface area contributed by atoms with Crippen LogP contribution in [0, 0.1) is 0 Å². The lowest BCUT2D eigenvalue weighted by atomic mass is 10.0. The van der Waals surface area contributed by atoms with E-state index in [0.717, 1.165) is 0 Å². The Morgan fingerprint density at radius 2 is 1.08 bits per heavy atom. The van der Waals surface area contributed by atoms with Gasteiger partial charge in [0.15, 0.2) is 0 Å². The van der Waals surface area contributed by atoms with E-state index in [0.29, 0.717) is 10.5 Å². The van der Waals surface area contributed by atoms with Gasteiger partial charge in [-0.25, -0.2) is 0 Å². The first-order chi connectivity index (χ1) is 6.38. The van der Waals surface area contributed by atoms with Gasteiger partial charge in [0.2, 0.25) is 0 Å². The van der Waals surface area contributed by atoms with Crippen LogP contribution in [-0.4, -0.2) is 14.7 Å². The molecule has 0 aromatic heterocycles. The first kappa shape index (κ1) is 9.70. The van der Waals surface area contributed by atoms with Gasteiger partial charge in [-0.2, -0.15) is 0 Å². The molecule has 0 radical (unpaired) electrons. The maximum Gasteiger partial charge on any atom is 0.0350 e. The minimum Gasteiger partial charge on any atom is -0.259 e. The van der Waals surface area contributed by atoms with Crippen LogP contribution in [0.4, 0.5) is 0 Å². The maximum absolute atomic E-state index is 12.1. The Bertz CT molecular complexity index is 179. The van der Waals surface area contributed by atoms with Gasteiger partial charge < -0.3 is 0 Å². The van der Waals surface area contributed by atoms with Crippen LogP contribution in [0.3, 0.4) is 0 Å². The van der Waals surface area contributed by atoms with E-state index < -0.39 is 10.8 Å². The Kier molecular flexibility index (Phi) is 3.42. The van der Waals surface area contributed by atoms with E-state index in [1.165, 1.54) is 57.8 Å². The van der Waals surface area contributed by atoms with E-state index >= 15 is 0 Å². The zero-order valence-electron chi connectivity index (χ0n) is 8.34. The lowest BCUT2D eigenvalue weighted by molar-refractivity contribution is 0.501. The van der Waals surface area contributed by atoms with Gasteiger partial charge in [-0.3, -0.25) is 4.21 Å². The molecule has 1 nitrogen and oxygen atoms in total. The van der Waals surface area contributed by atoms with Gasteiger partial charge in [0, 0.05) is 21.3 Å². The van der Waals surface area contributed by atoms with E-state index in [1.807, 2.05) is 0 Å².